The molecule has 1 saturated carbocycles. The van der Waals surface area contributed by atoms with E-state index in [9.17, 15) is 5.11 Å². The van der Waals surface area contributed by atoms with E-state index >= 15 is 0 Å². The van der Waals surface area contributed by atoms with Crippen LogP contribution < -0.4 is 0 Å². The van der Waals surface area contributed by atoms with Crippen LogP contribution in [0.4, 0.5) is 0 Å². The first-order chi connectivity index (χ1) is 6.74. The smallest absolute Gasteiger partial charge is 0.0551 e. The van der Waals surface area contributed by atoms with Crippen LogP contribution in [0.2, 0.25) is 0 Å². The molecule has 1 aliphatic rings. The van der Waals surface area contributed by atoms with Gasteiger partial charge < -0.3 is 5.11 Å². The predicted molar refractivity (Wildman–Crippen MR) is 58.1 cm³/mol. The Hall–Kier alpha value is -0.820. The Bertz CT molecular complexity index is 285. The zero-order chi connectivity index (χ0) is 10.0. The van der Waals surface area contributed by atoms with Crippen molar-refractivity contribution in [2.45, 2.75) is 38.7 Å². The van der Waals surface area contributed by atoms with E-state index in [0.29, 0.717) is 5.41 Å². The second kappa shape index (κ2) is 3.74. The van der Waals surface area contributed by atoms with Gasteiger partial charge in [0.1, 0.15) is 0 Å². The Morgan fingerprint density at radius 1 is 1.29 bits per heavy atom. The lowest BCUT2D eigenvalue weighted by Gasteiger charge is -2.45. The van der Waals surface area contributed by atoms with E-state index in [2.05, 4.69) is 37.3 Å². The average molecular weight is 190 g/mol. The summed E-state index contributed by atoms with van der Waals surface area (Å²) in [4.78, 5) is 0. The van der Waals surface area contributed by atoms with E-state index in [1.807, 2.05) is 0 Å². The fraction of sp³-hybridized carbons (Fsp3) is 0.538. The summed E-state index contributed by atoms with van der Waals surface area (Å²) in [5, 5.41) is 9.39. The molecular formula is C13H18O. The van der Waals surface area contributed by atoms with Crippen LogP contribution in [0.15, 0.2) is 30.3 Å². The molecule has 0 saturated heterocycles. The lowest BCUT2D eigenvalue weighted by atomic mass is 9.62. The van der Waals surface area contributed by atoms with Crippen LogP contribution in [0.25, 0.3) is 0 Å². The van der Waals surface area contributed by atoms with Crippen LogP contribution in [0.1, 0.15) is 31.7 Å². The summed E-state index contributed by atoms with van der Waals surface area (Å²) in [5.74, 6) is 0. The van der Waals surface area contributed by atoms with E-state index in [1.54, 1.807) is 0 Å². The van der Waals surface area contributed by atoms with E-state index in [4.69, 9.17) is 0 Å². The molecule has 0 radical (unpaired) electrons. The van der Waals surface area contributed by atoms with Gasteiger partial charge in [-0.15, -0.1) is 0 Å². The van der Waals surface area contributed by atoms with Gasteiger partial charge in [-0.25, -0.2) is 0 Å². The molecule has 1 aromatic carbocycles. The van der Waals surface area contributed by atoms with E-state index in [-0.39, 0.29) is 6.10 Å². The van der Waals surface area contributed by atoms with Crippen LogP contribution in [-0.4, -0.2) is 11.2 Å². The van der Waals surface area contributed by atoms with Crippen molar-refractivity contribution in [2.75, 3.05) is 0 Å². The molecule has 1 N–H and O–H groups in total. The quantitative estimate of drug-likeness (QED) is 0.777. The number of hydrogen-bond donors (Lipinski definition) is 1. The van der Waals surface area contributed by atoms with Crippen molar-refractivity contribution in [1.29, 1.82) is 0 Å². The van der Waals surface area contributed by atoms with E-state index < -0.39 is 0 Å². The van der Waals surface area contributed by atoms with Crippen molar-refractivity contribution >= 4 is 0 Å². The molecule has 0 heterocycles. The van der Waals surface area contributed by atoms with Crippen molar-refractivity contribution < 1.29 is 5.11 Å². The van der Waals surface area contributed by atoms with Gasteiger partial charge >= 0.3 is 0 Å². The van der Waals surface area contributed by atoms with Gasteiger partial charge in [-0.05, 0) is 36.7 Å². The zero-order valence-corrected chi connectivity index (χ0v) is 8.74. The zero-order valence-electron chi connectivity index (χ0n) is 8.74. The first kappa shape index (κ1) is 9.72. The Labute approximate surface area is 85.8 Å². The van der Waals surface area contributed by atoms with Gasteiger partial charge in [-0.2, -0.15) is 0 Å². The number of aliphatic hydroxyl groups is 1. The summed E-state index contributed by atoms with van der Waals surface area (Å²) in [6.45, 7) is 2.23. The Kier molecular flexibility index (Phi) is 2.60. The van der Waals surface area contributed by atoms with Crippen LogP contribution in [0.5, 0.6) is 0 Å². The molecule has 2 rings (SSSR count). The average Bonchev–Trinajstić information content (AvgIpc) is 2.16. The molecule has 1 nitrogen and oxygen atoms in total. The highest BCUT2D eigenvalue weighted by molar-refractivity contribution is 5.17. The monoisotopic (exact) mass is 190 g/mol. The molecule has 1 aromatic rings. The highest BCUT2D eigenvalue weighted by Crippen LogP contribution is 2.46. The maximum absolute atomic E-state index is 9.39. The SMILES string of the molecule is CCC1(Cc2ccccc2)CC(O)C1. The van der Waals surface area contributed by atoms with Crippen LogP contribution in [0, 0.1) is 5.41 Å². The predicted octanol–water partition coefficient (Wildman–Crippen LogP) is 2.78. The molecule has 76 valence electrons. The second-order valence-electron chi connectivity index (χ2n) is 4.58. The topological polar surface area (TPSA) is 20.2 Å². The lowest BCUT2D eigenvalue weighted by Crippen LogP contribution is -2.41. The minimum Gasteiger partial charge on any atom is -0.393 e. The number of benzene rings is 1. The molecular weight excluding hydrogens is 172 g/mol. The van der Waals surface area contributed by atoms with Crippen molar-refractivity contribution in [1.82, 2.24) is 0 Å². The van der Waals surface area contributed by atoms with Crippen LogP contribution in [-0.2, 0) is 6.42 Å². The molecule has 0 atom stereocenters. The van der Waals surface area contributed by atoms with Gasteiger partial charge in [-0.3, -0.25) is 0 Å². The third-order valence-corrected chi connectivity index (χ3v) is 3.51. The molecule has 1 heteroatoms. The summed E-state index contributed by atoms with van der Waals surface area (Å²) in [6, 6.07) is 10.6. The van der Waals surface area contributed by atoms with Crippen molar-refractivity contribution in [3.05, 3.63) is 35.9 Å². The molecule has 0 amide bonds. The summed E-state index contributed by atoms with van der Waals surface area (Å²) >= 11 is 0. The Morgan fingerprint density at radius 2 is 1.93 bits per heavy atom. The highest BCUT2D eigenvalue weighted by Gasteiger charge is 2.41. The number of rotatable bonds is 3. The molecule has 0 bridgehead atoms. The third-order valence-electron chi connectivity index (χ3n) is 3.51. The highest BCUT2D eigenvalue weighted by atomic mass is 16.3. The van der Waals surface area contributed by atoms with Crippen molar-refractivity contribution in [3.63, 3.8) is 0 Å². The summed E-state index contributed by atoms with van der Waals surface area (Å²) in [7, 11) is 0. The molecule has 1 aliphatic carbocycles. The second-order valence-corrected chi connectivity index (χ2v) is 4.58. The van der Waals surface area contributed by atoms with E-state index in [0.717, 1.165) is 19.3 Å². The minimum atomic E-state index is -0.0429. The standard InChI is InChI=1S/C13H18O/c1-2-13(9-12(14)10-13)8-11-6-4-3-5-7-11/h3-7,12,14H,2,8-10H2,1H3. The molecule has 0 spiro atoms. The summed E-state index contributed by atoms with van der Waals surface area (Å²) in [5.41, 5.74) is 1.79. The third kappa shape index (κ3) is 1.83. The van der Waals surface area contributed by atoms with Gasteiger partial charge in [0.25, 0.3) is 0 Å². The van der Waals surface area contributed by atoms with Gasteiger partial charge in [-0.1, -0.05) is 37.3 Å². The first-order valence-corrected chi connectivity index (χ1v) is 5.46. The van der Waals surface area contributed by atoms with E-state index in [1.165, 1.54) is 12.0 Å². The number of hydrogen-bond acceptors (Lipinski definition) is 1. The van der Waals surface area contributed by atoms with Crippen molar-refractivity contribution in [3.8, 4) is 0 Å². The fourth-order valence-electron chi connectivity index (χ4n) is 2.53. The molecule has 0 aromatic heterocycles. The van der Waals surface area contributed by atoms with Crippen molar-refractivity contribution in [2.24, 2.45) is 5.41 Å². The molecule has 14 heavy (non-hydrogen) atoms. The molecule has 1 fully saturated rings. The van der Waals surface area contributed by atoms with Gasteiger partial charge in [0.15, 0.2) is 0 Å². The number of aliphatic hydroxyl groups excluding tert-OH is 1. The fourth-order valence-corrected chi connectivity index (χ4v) is 2.53. The summed E-state index contributed by atoms with van der Waals surface area (Å²) in [6.07, 6.45) is 4.23. The Morgan fingerprint density at radius 3 is 2.43 bits per heavy atom. The molecule has 0 aliphatic heterocycles. The normalized spacial score (nSPS) is 31.1. The first-order valence-electron chi connectivity index (χ1n) is 5.46. The minimum absolute atomic E-state index is 0.0429. The largest absolute Gasteiger partial charge is 0.393 e. The van der Waals surface area contributed by atoms with Gasteiger partial charge in [0.2, 0.25) is 0 Å². The van der Waals surface area contributed by atoms with Crippen LogP contribution >= 0.6 is 0 Å². The Balaban J connectivity index is 2.03. The maximum Gasteiger partial charge on any atom is 0.0551 e. The maximum atomic E-state index is 9.39. The van der Waals surface area contributed by atoms with Gasteiger partial charge in [0.05, 0.1) is 6.10 Å². The molecule has 0 unspecified atom stereocenters. The summed E-state index contributed by atoms with van der Waals surface area (Å²) < 4.78 is 0. The van der Waals surface area contributed by atoms with Crippen LogP contribution in [0.3, 0.4) is 0 Å². The lowest BCUT2D eigenvalue weighted by molar-refractivity contribution is -0.0342. The van der Waals surface area contributed by atoms with Gasteiger partial charge in [0, 0.05) is 0 Å².